The van der Waals surface area contributed by atoms with Gasteiger partial charge >= 0.3 is 0 Å². The Morgan fingerprint density at radius 2 is 2.00 bits per heavy atom. The summed E-state index contributed by atoms with van der Waals surface area (Å²) in [7, 11) is 0. The van der Waals surface area contributed by atoms with Gasteiger partial charge in [0.05, 0.1) is 25.5 Å². The molecule has 128 valence electrons. The maximum atomic E-state index is 12.5. The molecular formula is C19H24N2O3. The molecule has 1 saturated heterocycles. The lowest BCUT2D eigenvalue weighted by Gasteiger charge is -2.33. The largest absolute Gasteiger partial charge is 0.468 e. The fraction of sp³-hybridized carbons (Fsp3) is 0.421. The maximum Gasteiger partial charge on any atom is 0.251 e. The van der Waals surface area contributed by atoms with E-state index in [-0.39, 0.29) is 11.9 Å². The van der Waals surface area contributed by atoms with Gasteiger partial charge < -0.3 is 14.5 Å². The molecule has 0 bridgehead atoms. The number of amides is 1. The lowest BCUT2D eigenvalue weighted by atomic mass is 10.1. The van der Waals surface area contributed by atoms with Gasteiger partial charge in [0.1, 0.15) is 5.76 Å². The predicted octanol–water partition coefficient (Wildman–Crippen LogP) is 2.70. The molecule has 1 unspecified atom stereocenters. The summed E-state index contributed by atoms with van der Waals surface area (Å²) in [6.45, 7) is 7.67. The number of hydrogen-bond acceptors (Lipinski definition) is 4. The summed E-state index contributed by atoms with van der Waals surface area (Å²) in [4.78, 5) is 14.8. The molecule has 1 aliphatic heterocycles. The number of nitrogens with zero attached hydrogens (tertiary/aromatic N) is 1. The van der Waals surface area contributed by atoms with Crippen molar-refractivity contribution in [2.75, 3.05) is 32.8 Å². The average Bonchev–Trinajstić information content (AvgIpc) is 3.12. The van der Waals surface area contributed by atoms with Gasteiger partial charge in [0.2, 0.25) is 0 Å². The van der Waals surface area contributed by atoms with E-state index in [9.17, 15) is 4.79 Å². The predicted molar refractivity (Wildman–Crippen MR) is 92.1 cm³/mol. The first-order chi connectivity index (χ1) is 11.6. The van der Waals surface area contributed by atoms with Crippen LogP contribution in [0.3, 0.4) is 0 Å². The molecule has 0 spiro atoms. The highest BCUT2D eigenvalue weighted by Gasteiger charge is 2.25. The highest BCUT2D eigenvalue weighted by atomic mass is 16.5. The van der Waals surface area contributed by atoms with Gasteiger partial charge in [0, 0.05) is 25.2 Å². The third-order valence-electron chi connectivity index (χ3n) is 4.58. The second-order valence-electron chi connectivity index (χ2n) is 6.19. The third-order valence-corrected chi connectivity index (χ3v) is 4.58. The third kappa shape index (κ3) is 3.86. The molecule has 1 aliphatic rings. The number of benzene rings is 1. The van der Waals surface area contributed by atoms with Crippen LogP contribution in [-0.4, -0.2) is 43.7 Å². The summed E-state index contributed by atoms with van der Waals surface area (Å²) in [6.07, 6.45) is 1.67. The second kappa shape index (κ2) is 7.64. The van der Waals surface area contributed by atoms with Crippen LogP contribution in [0, 0.1) is 13.8 Å². The fourth-order valence-corrected chi connectivity index (χ4v) is 2.95. The summed E-state index contributed by atoms with van der Waals surface area (Å²) in [6, 6.07) is 9.65. The van der Waals surface area contributed by atoms with Crippen LogP contribution in [0.1, 0.15) is 33.3 Å². The molecule has 5 heteroatoms. The van der Waals surface area contributed by atoms with Crippen molar-refractivity contribution < 1.29 is 13.9 Å². The van der Waals surface area contributed by atoms with E-state index in [0.29, 0.717) is 25.3 Å². The van der Waals surface area contributed by atoms with Crippen molar-refractivity contribution in [3.05, 3.63) is 59.0 Å². The first-order valence-electron chi connectivity index (χ1n) is 8.36. The van der Waals surface area contributed by atoms with E-state index in [1.165, 1.54) is 5.56 Å². The Balaban J connectivity index is 1.68. The highest BCUT2D eigenvalue weighted by molar-refractivity contribution is 5.94. The SMILES string of the molecule is Cc1ccc(C(=O)NCC(c2ccco2)N2CCOCC2)cc1C. The molecule has 5 nitrogen and oxygen atoms in total. The van der Waals surface area contributed by atoms with Crippen LogP contribution >= 0.6 is 0 Å². The standard InChI is InChI=1S/C19H24N2O3/c1-14-5-6-16(12-15(14)2)19(22)20-13-17(18-4-3-9-24-18)21-7-10-23-11-8-21/h3-6,9,12,17H,7-8,10-11,13H2,1-2H3,(H,20,22). The van der Waals surface area contributed by atoms with Crippen LogP contribution in [0.5, 0.6) is 0 Å². The Hall–Kier alpha value is -2.11. The zero-order valence-electron chi connectivity index (χ0n) is 14.2. The minimum absolute atomic E-state index is 0.0272. The van der Waals surface area contributed by atoms with E-state index < -0.39 is 0 Å². The van der Waals surface area contributed by atoms with Crippen molar-refractivity contribution in [3.63, 3.8) is 0 Å². The zero-order chi connectivity index (χ0) is 16.9. The highest BCUT2D eigenvalue weighted by Crippen LogP contribution is 2.22. The smallest absolute Gasteiger partial charge is 0.251 e. The van der Waals surface area contributed by atoms with E-state index in [1.807, 2.05) is 44.2 Å². The molecule has 3 rings (SSSR count). The van der Waals surface area contributed by atoms with Crippen LogP contribution in [0.2, 0.25) is 0 Å². The van der Waals surface area contributed by atoms with Crippen LogP contribution in [0.4, 0.5) is 0 Å². The summed E-state index contributed by atoms with van der Waals surface area (Å²) in [5.41, 5.74) is 3.00. The molecule has 0 aliphatic carbocycles. The van der Waals surface area contributed by atoms with Gasteiger partial charge in [-0.2, -0.15) is 0 Å². The number of carbonyl (C=O) groups excluding carboxylic acids is 1. The molecule has 1 N–H and O–H groups in total. The van der Waals surface area contributed by atoms with Crippen molar-refractivity contribution in [1.29, 1.82) is 0 Å². The monoisotopic (exact) mass is 328 g/mol. The number of carbonyl (C=O) groups is 1. The second-order valence-corrected chi connectivity index (χ2v) is 6.19. The Bertz CT molecular complexity index is 676. The number of aryl methyl sites for hydroxylation is 2. The first-order valence-corrected chi connectivity index (χ1v) is 8.36. The average molecular weight is 328 g/mol. The van der Waals surface area contributed by atoms with Crippen molar-refractivity contribution in [2.45, 2.75) is 19.9 Å². The maximum absolute atomic E-state index is 12.5. The molecule has 0 radical (unpaired) electrons. The van der Waals surface area contributed by atoms with E-state index in [4.69, 9.17) is 9.15 Å². The first kappa shape index (κ1) is 16.7. The summed E-state index contributed by atoms with van der Waals surface area (Å²) in [5, 5.41) is 3.05. The molecule has 24 heavy (non-hydrogen) atoms. The Morgan fingerprint density at radius 3 is 2.67 bits per heavy atom. The fourth-order valence-electron chi connectivity index (χ4n) is 2.95. The topological polar surface area (TPSA) is 54.7 Å². The van der Waals surface area contributed by atoms with Crippen molar-refractivity contribution in [2.24, 2.45) is 0 Å². The Kier molecular flexibility index (Phi) is 5.33. The molecule has 1 atom stereocenters. The molecular weight excluding hydrogens is 304 g/mol. The van der Waals surface area contributed by atoms with Crippen LogP contribution < -0.4 is 5.32 Å². The van der Waals surface area contributed by atoms with Crippen LogP contribution in [0.25, 0.3) is 0 Å². The van der Waals surface area contributed by atoms with Crippen molar-refractivity contribution in [3.8, 4) is 0 Å². The number of furan rings is 1. The van der Waals surface area contributed by atoms with E-state index >= 15 is 0 Å². The zero-order valence-corrected chi connectivity index (χ0v) is 14.2. The van der Waals surface area contributed by atoms with Gasteiger partial charge in [0.25, 0.3) is 5.91 Å². The molecule has 2 aromatic rings. The number of ether oxygens (including phenoxy) is 1. The van der Waals surface area contributed by atoms with Gasteiger partial charge in [-0.25, -0.2) is 0 Å². The van der Waals surface area contributed by atoms with E-state index in [1.54, 1.807) is 6.26 Å². The number of hydrogen-bond donors (Lipinski definition) is 1. The normalized spacial score (nSPS) is 16.8. The lowest BCUT2D eigenvalue weighted by Crippen LogP contribution is -2.43. The van der Waals surface area contributed by atoms with Gasteiger partial charge in [-0.15, -0.1) is 0 Å². The Labute approximate surface area is 142 Å². The van der Waals surface area contributed by atoms with Gasteiger partial charge in [-0.1, -0.05) is 6.07 Å². The van der Waals surface area contributed by atoms with Gasteiger partial charge in [-0.05, 0) is 49.2 Å². The van der Waals surface area contributed by atoms with Crippen molar-refractivity contribution in [1.82, 2.24) is 10.2 Å². The summed E-state index contributed by atoms with van der Waals surface area (Å²) >= 11 is 0. The number of rotatable bonds is 5. The molecule has 2 heterocycles. The summed E-state index contributed by atoms with van der Waals surface area (Å²) < 4.78 is 11.0. The molecule has 0 saturated carbocycles. The van der Waals surface area contributed by atoms with E-state index in [0.717, 1.165) is 24.4 Å². The Morgan fingerprint density at radius 1 is 1.21 bits per heavy atom. The number of nitrogens with one attached hydrogen (secondary N) is 1. The van der Waals surface area contributed by atoms with Crippen molar-refractivity contribution >= 4 is 5.91 Å². The van der Waals surface area contributed by atoms with Gasteiger partial charge in [-0.3, -0.25) is 9.69 Å². The summed E-state index contributed by atoms with van der Waals surface area (Å²) in [5.74, 6) is 0.820. The molecule has 1 aromatic heterocycles. The lowest BCUT2D eigenvalue weighted by molar-refractivity contribution is 0.0118. The van der Waals surface area contributed by atoms with E-state index in [2.05, 4.69) is 10.2 Å². The molecule has 1 amide bonds. The van der Waals surface area contributed by atoms with Gasteiger partial charge in [0.15, 0.2) is 0 Å². The van der Waals surface area contributed by atoms with Crippen LogP contribution in [-0.2, 0) is 4.74 Å². The minimum Gasteiger partial charge on any atom is -0.468 e. The molecule has 1 fully saturated rings. The number of morpholine rings is 1. The van der Waals surface area contributed by atoms with Crippen LogP contribution in [0.15, 0.2) is 41.0 Å². The molecule has 1 aromatic carbocycles. The minimum atomic E-state index is -0.0529. The quantitative estimate of drug-likeness (QED) is 0.917.